The van der Waals surface area contributed by atoms with Crippen LogP contribution in [0.4, 0.5) is 17.5 Å². The minimum Gasteiger partial charge on any atom is -0.383 e. The minimum absolute atomic E-state index is 0.00457. The minimum atomic E-state index is -3.82. The van der Waals surface area contributed by atoms with Crippen molar-refractivity contribution in [3.8, 4) is 5.75 Å². The largest absolute Gasteiger partial charge is 0.383 e. The van der Waals surface area contributed by atoms with E-state index in [0.29, 0.717) is 5.69 Å². The quantitative estimate of drug-likeness (QED) is 0.375. The summed E-state index contributed by atoms with van der Waals surface area (Å²) < 4.78 is 28.2. The van der Waals surface area contributed by atoms with Crippen LogP contribution < -0.4 is 25.9 Å². The lowest BCUT2D eigenvalue weighted by molar-refractivity contribution is 0.0949. The van der Waals surface area contributed by atoms with Gasteiger partial charge in [0.2, 0.25) is 5.95 Å². The molecule has 2 aromatic rings. The van der Waals surface area contributed by atoms with Crippen molar-refractivity contribution in [2.75, 3.05) is 16.9 Å². The van der Waals surface area contributed by atoms with E-state index < -0.39 is 16.0 Å². The van der Waals surface area contributed by atoms with Crippen LogP contribution in [0.2, 0.25) is 0 Å². The van der Waals surface area contributed by atoms with Gasteiger partial charge in [0, 0.05) is 35.6 Å². The molecule has 12 heteroatoms. The lowest BCUT2D eigenvalue weighted by Gasteiger charge is -2.20. The zero-order valence-corrected chi connectivity index (χ0v) is 19.7. The normalized spacial score (nSPS) is 14.5. The Bertz CT molecular complexity index is 1160. The molecule has 11 nitrogen and oxygen atoms in total. The molecule has 0 aliphatic heterocycles. The first-order valence-corrected chi connectivity index (χ1v) is 12.3. The fraction of sp³-hybridized carbons (Fsp3) is 0.429. The van der Waals surface area contributed by atoms with Crippen LogP contribution in [0.5, 0.6) is 5.75 Å². The molecule has 0 bridgehead atoms. The number of amides is 2. The summed E-state index contributed by atoms with van der Waals surface area (Å²) in [4.78, 5) is 32.8. The third kappa shape index (κ3) is 7.04. The van der Waals surface area contributed by atoms with Gasteiger partial charge < -0.3 is 25.9 Å². The maximum Gasteiger partial charge on any atom is 0.306 e. The number of benzene rings is 1. The van der Waals surface area contributed by atoms with Crippen molar-refractivity contribution in [2.45, 2.75) is 45.7 Å². The van der Waals surface area contributed by atoms with E-state index in [4.69, 9.17) is 9.92 Å². The van der Waals surface area contributed by atoms with Crippen molar-refractivity contribution in [1.82, 2.24) is 15.3 Å². The zero-order valence-electron chi connectivity index (χ0n) is 18.9. The number of carbonyl (C=O) groups excluding carboxylic acids is 2. The van der Waals surface area contributed by atoms with Gasteiger partial charge >= 0.3 is 10.1 Å². The first kappa shape index (κ1) is 24.2. The van der Waals surface area contributed by atoms with E-state index >= 15 is 0 Å². The Morgan fingerprint density at radius 1 is 1.18 bits per heavy atom. The lowest BCUT2D eigenvalue weighted by Crippen LogP contribution is -2.26. The van der Waals surface area contributed by atoms with Crippen molar-refractivity contribution in [3.63, 3.8) is 0 Å². The van der Waals surface area contributed by atoms with Gasteiger partial charge in [-0.3, -0.25) is 9.59 Å². The van der Waals surface area contributed by atoms with Gasteiger partial charge in [0.15, 0.2) is 0 Å². The topological polar surface area (TPSA) is 165 Å². The number of nitrogens with one attached hydrogen (secondary N) is 3. The Morgan fingerprint density at radius 3 is 2.45 bits per heavy atom. The smallest absolute Gasteiger partial charge is 0.306 e. The standard InChI is InChI=1S/C21H28N6O5S/c1-11(2)12(3)24-19-17(18(22)28)10-23-21(27-19)26-15-7-13(20(29)25-14-5-6-14)8-16(9-15)32-33(4,30)31/h7-12,14H,5-6H2,1-4H3,(H2,22,28)(H,25,29)(H2,23,24,26,27). The van der Waals surface area contributed by atoms with Crippen LogP contribution in [0.25, 0.3) is 0 Å². The number of aromatic nitrogens is 2. The van der Waals surface area contributed by atoms with Gasteiger partial charge in [0.25, 0.3) is 11.8 Å². The highest BCUT2D eigenvalue weighted by molar-refractivity contribution is 7.86. The van der Waals surface area contributed by atoms with Crippen LogP contribution >= 0.6 is 0 Å². The zero-order chi connectivity index (χ0) is 24.3. The number of nitrogens with zero attached hydrogens (tertiary/aromatic N) is 2. The number of rotatable bonds is 10. The molecule has 0 saturated heterocycles. The average Bonchev–Trinajstić information content (AvgIpc) is 3.50. The molecule has 2 amide bonds. The molecule has 3 rings (SSSR count). The van der Waals surface area contributed by atoms with Crippen molar-refractivity contribution < 1.29 is 22.2 Å². The van der Waals surface area contributed by atoms with Crippen LogP contribution in [-0.2, 0) is 10.1 Å². The Hall–Kier alpha value is -3.41. The van der Waals surface area contributed by atoms with Gasteiger partial charge in [-0.1, -0.05) is 13.8 Å². The summed E-state index contributed by atoms with van der Waals surface area (Å²) in [6, 6.07) is 4.40. The van der Waals surface area contributed by atoms with Crippen molar-refractivity contribution >= 4 is 39.4 Å². The summed E-state index contributed by atoms with van der Waals surface area (Å²) in [5.74, 6) is -0.432. The summed E-state index contributed by atoms with van der Waals surface area (Å²) in [5, 5.41) is 8.94. The van der Waals surface area contributed by atoms with Crippen LogP contribution in [0.1, 0.15) is 54.3 Å². The molecular weight excluding hydrogens is 448 g/mol. The highest BCUT2D eigenvalue weighted by atomic mass is 32.2. The average molecular weight is 477 g/mol. The van der Waals surface area contributed by atoms with Gasteiger partial charge in [-0.2, -0.15) is 13.4 Å². The van der Waals surface area contributed by atoms with E-state index in [1.54, 1.807) is 0 Å². The molecule has 1 fully saturated rings. The second-order valence-electron chi connectivity index (χ2n) is 8.40. The van der Waals surface area contributed by atoms with E-state index in [2.05, 4.69) is 25.9 Å². The van der Waals surface area contributed by atoms with Crippen LogP contribution in [0, 0.1) is 5.92 Å². The van der Waals surface area contributed by atoms with Gasteiger partial charge in [-0.05, 0) is 37.8 Å². The Kier molecular flexibility index (Phi) is 7.06. The van der Waals surface area contributed by atoms with Crippen LogP contribution in [-0.4, -0.2) is 48.5 Å². The second-order valence-corrected chi connectivity index (χ2v) is 9.98. The third-order valence-corrected chi connectivity index (χ3v) is 5.50. The van der Waals surface area contributed by atoms with Crippen molar-refractivity contribution in [3.05, 3.63) is 35.5 Å². The third-order valence-electron chi connectivity index (χ3n) is 5.00. The highest BCUT2D eigenvalue weighted by Crippen LogP contribution is 2.27. The van der Waals surface area contributed by atoms with E-state index in [0.717, 1.165) is 19.1 Å². The molecule has 1 aromatic heterocycles. The molecule has 1 saturated carbocycles. The summed E-state index contributed by atoms with van der Waals surface area (Å²) in [5.41, 5.74) is 6.12. The first-order chi connectivity index (χ1) is 15.4. The van der Waals surface area contributed by atoms with Gasteiger partial charge in [0.05, 0.1) is 11.8 Å². The molecule has 178 valence electrons. The highest BCUT2D eigenvalue weighted by Gasteiger charge is 2.24. The summed E-state index contributed by atoms with van der Waals surface area (Å²) >= 11 is 0. The van der Waals surface area contributed by atoms with E-state index in [9.17, 15) is 18.0 Å². The molecule has 1 atom stereocenters. The fourth-order valence-corrected chi connectivity index (χ4v) is 3.21. The lowest BCUT2D eigenvalue weighted by atomic mass is 10.1. The first-order valence-electron chi connectivity index (χ1n) is 10.5. The second kappa shape index (κ2) is 9.61. The number of nitrogens with two attached hydrogens (primary N) is 1. The molecule has 1 aliphatic rings. The number of primary amides is 1. The monoisotopic (exact) mass is 476 g/mol. The van der Waals surface area contributed by atoms with Crippen LogP contribution in [0.3, 0.4) is 0 Å². The van der Waals surface area contributed by atoms with E-state index in [1.807, 2.05) is 20.8 Å². The molecule has 1 heterocycles. The Balaban J connectivity index is 1.94. The molecule has 1 aliphatic carbocycles. The molecule has 5 N–H and O–H groups in total. The van der Waals surface area contributed by atoms with E-state index in [-0.39, 0.29) is 52.6 Å². The van der Waals surface area contributed by atoms with E-state index in [1.165, 1.54) is 24.4 Å². The molecule has 1 aromatic carbocycles. The summed E-state index contributed by atoms with van der Waals surface area (Å²) in [7, 11) is -3.82. The predicted octanol–water partition coefficient (Wildman–Crippen LogP) is 2.01. The van der Waals surface area contributed by atoms with Gasteiger partial charge in [-0.25, -0.2) is 4.98 Å². The van der Waals surface area contributed by atoms with Gasteiger partial charge in [0.1, 0.15) is 11.6 Å². The molecule has 0 spiro atoms. The SMILES string of the molecule is CC(C)C(C)Nc1nc(Nc2cc(OS(C)(=O)=O)cc(C(=O)NC3CC3)c2)ncc1C(N)=O. The van der Waals surface area contributed by atoms with Crippen LogP contribution in [0.15, 0.2) is 24.4 Å². The Morgan fingerprint density at radius 2 is 1.88 bits per heavy atom. The Labute approximate surface area is 192 Å². The maximum absolute atomic E-state index is 12.5. The molecule has 0 radical (unpaired) electrons. The van der Waals surface area contributed by atoms with Crippen molar-refractivity contribution in [2.24, 2.45) is 11.7 Å². The number of anilines is 3. The number of carbonyl (C=O) groups is 2. The summed E-state index contributed by atoms with van der Waals surface area (Å²) in [6.07, 6.45) is 4.02. The predicted molar refractivity (Wildman–Crippen MR) is 124 cm³/mol. The van der Waals surface area contributed by atoms with Gasteiger partial charge in [-0.15, -0.1) is 0 Å². The number of hydrogen-bond donors (Lipinski definition) is 4. The molecule has 33 heavy (non-hydrogen) atoms. The molecule has 1 unspecified atom stereocenters. The van der Waals surface area contributed by atoms with Crippen molar-refractivity contribution in [1.29, 1.82) is 0 Å². The molecular formula is C21H28N6O5S. The number of hydrogen-bond acceptors (Lipinski definition) is 9. The summed E-state index contributed by atoms with van der Waals surface area (Å²) in [6.45, 7) is 5.98. The fourth-order valence-electron chi connectivity index (χ4n) is 2.77. The maximum atomic E-state index is 12.5.